The molecular formula is C15H18FN3. The third kappa shape index (κ3) is 2.57. The van der Waals surface area contributed by atoms with E-state index in [0.717, 1.165) is 11.1 Å². The van der Waals surface area contributed by atoms with Gasteiger partial charge in [-0.3, -0.25) is 0 Å². The zero-order valence-corrected chi connectivity index (χ0v) is 11.7. The average Bonchev–Trinajstić information content (AvgIpc) is 2.35. The quantitative estimate of drug-likeness (QED) is 0.896. The fourth-order valence-electron chi connectivity index (χ4n) is 1.83. The van der Waals surface area contributed by atoms with Crippen molar-refractivity contribution in [1.29, 1.82) is 0 Å². The lowest BCUT2D eigenvalue weighted by Gasteiger charge is -2.12. The van der Waals surface area contributed by atoms with Gasteiger partial charge in [-0.15, -0.1) is 0 Å². The van der Waals surface area contributed by atoms with Gasteiger partial charge in [0.15, 0.2) is 0 Å². The minimum atomic E-state index is -0.236. The molecule has 0 radical (unpaired) electrons. The Morgan fingerprint density at radius 2 is 1.84 bits per heavy atom. The summed E-state index contributed by atoms with van der Waals surface area (Å²) in [5.41, 5.74) is 8.76. The number of anilines is 1. The second kappa shape index (κ2) is 4.96. The molecule has 0 aliphatic rings. The van der Waals surface area contributed by atoms with Crippen LogP contribution in [-0.4, -0.2) is 9.97 Å². The molecule has 0 spiro atoms. The first-order valence-corrected chi connectivity index (χ1v) is 6.30. The highest BCUT2D eigenvalue weighted by Gasteiger charge is 2.13. The fraction of sp³-hybridized carbons (Fsp3) is 0.333. The Balaban J connectivity index is 2.63. The standard InChI is InChI=1S/C15H18FN3/c1-8(2)15-18-13(10(4)14(17)19-15)11-6-5-9(3)12(16)7-11/h5-8H,1-4H3,(H2,17,18,19). The van der Waals surface area contributed by atoms with Gasteiger partial charge in [0.1, 0.15) is 17.5 Å². The van der Waals surface area contributed by atoms with E-state index in [-0.39, 0.29) is 11.7 Å². The summed E-state index contributed by atoms with van der Waals surface area (Å²) in [5, 5.41) is 0. The van der Waals surface area contributed by atoms with Crippen LogP contribution in [0.3, 0.4) is 0 Å². The normalized spacial score (nSPS) is 11.1. The molecule has 19 heavy (non-hydrogen) atoms. The maximum atomic E-state index is 13.7. The van der Waals surface area contributed by atoms with Crippen LogP contribution < -0.4 is 5.73 Å². The minimum absolute atomic E-state index is 0.178. The van der Waals surface area contributed by atoms with E-state index >= 15 is 0 Å². The lowest BCUT2D eigenvalue weighted by molar-refractivity contribution is 0.619. The van der Waals surface area contributed by atoms with E-state index in [0.29, 0.717) is 22.9 Å². The van der Waals surface area contributed by atoms with Crippen molar-refractivity contribution >= 4 is 5.82 Å². The Bertz CT molecular complexity index is 621. The van der Waals surface area contributed by atoms with Crippen LogP contribution in [0.2, 0.25) is 0 Å². The number of aryl methyl sites for hydroxylation is 1. The number of nitrogens with two attached hydrogens (primary N) is 1. The predicted octanol–water partition coefficient (Wildman–Crippen LogP) is 3.61. The summed E-state index contributed by atoms with van der Waals surface area (Å²) in [6, 6.07) is 5.10. The zero-order chi connectivity index (χ0) is 14.2. The van der Waals surface area contributed by atoms with Gasteiger partial charge >= 0.3 is 0 Å². The van der Waals surface area contributed by atoms with Gasteiger partial charge in [-0.1, -0.05) is 26.0 Å². The molecule has 1 aromatic heterocycles. The van der Waals surface area contributed by atoms with E-state index in [1.165, 1.54) is 6.07 Å². The van der Waals surface area contributed by atoms with E-state index < -0.39 is 0 Å². The Hall–Kier alpha value is -1.97. The number of benzene rings is 1. The highest BCUT2D eigenvalue weighted by molar-refractivity contribution is 5.67. The van der Waals surface area contributed by atoms with Gasteiger partial charge in [0.2, 0.25) is 0 Å². The van der Waals surface area contributed by atoms with Crippen molar-refractivity contribution in [2.45, 2.75) is 33.6 Å². The molecule has 0 fully saturated rings. The molecule has 0 atom stereocenters. The molecule has 2 rings (SSSR count). The first-order valence-electron chi connectivity index (χ1n) is 6.30. The molecule has 2 aromatic rings. The Morgan fingerprint density at radius 1 is 1.16 bits per heavy atom. The second-order valence-corrected chi connectivity index (χ2v) is 5.06. The van der Waals surface area contributed by atoms with Crippen LogP contribution >= 0.6 is 0 Å². The monoisotopic (exact) mass is 259 g/mol. The first kappa shape index (κ1) is 13.5. The molecule has 100 valence electrons. The molecule has 0 saturated carbocycles. The topological polar surface area (TPSA) is 51.8 Å². The van der Waals surface area contributed by atoms with E-state index in [1.54, 1.807) is 13.0 Å². The van der Waals surface area contributed by atoms with Crippen molar-refractivity contribution in [2.24, 2.45) is 0 Å². The Labute approximate surface area is 112 Å². The first-order chi connectivity index (χ1) is 8.90. The molecule has 1 aromatic carbocycles. The summed E-state index contributed by atoms with van der Waals surface area (Å²) >= 11 is 0. The van der Waals surface area contributed by atoms with E-state index in [2.05, 4.69) is 9.97 Å². The zero-order valence-electron chi connectivity index (χ0n) is 11.7. The van der Waals surface area contributed by atoms with Crippen LogP contribution in [0.5, 0.6) is 0 Å². The molecule has 0 aliphatic heterocycles. The fourth-order valence-corrected chi connectivity index (χ4v) is 1.83. The number of nitrogen functional groups attached to an aromatic ring is 1. The summed E-state index contributed by atoms with van der Waals surface area (Å²) < 4.78 is 13.7. The minimum Gasteiger partial charge on any atom is -0.383 e. The largest absolute Gasteiger partial charge is 0.383 e. The van der Waals surface area contributed by atoms with Crippen LogP contribution in [0, 0.1) is 19.7 Å². The third-order valence-electron chi connectivity index (χ3n) is 3.16. The SMILES string of the molecule is Cc1ccc(-c2nc(C(C)C)nc(N)c2C)cc1F. The second-order valence-electron chi connectivity index (χ2n) is 5.06. The van der Waals surface area contributed by atoms with Gasteiger partial charge in [0.05, 0.1) is 5.69 Å². The van der Waals surface area contributed by atoms with Crippen LogP contribution in [-0.2, 0) is 0 Å². The smallest absolute Gasteiger partial charge is 0.133 e. The Kier molecular flexibility index (Phi) is 3.51. The molecule has 0 amide bonds. The van der Waals surface area contributed by atoms with Crippen molar-refractivity contribution in [3.05, 3.63) is 41.0 Å². The number of rotatable bonds is 2. The van der Waals surface area contributed by atoms with Crippen molar-refractivity contribution in [3.63, 3.8) is 0 Å². The van der Waals surface area contributed by atoms with Crippen molar-refractivity contribution in [2.75, 3.05) is 5.73 Å². The number of aromatic nitrogens is 2. The predicted molar refractivity (Wildman–Crippen MR) is 75.4 cm³/mol. The number of halogens is 1. The van der Waals surface area contributed by atoms with Crippen LogP contribution in [0.4, 0.5) is 10.2 Å². The van der Waals surface area contributed by atoms with Gasteiger partial charge in [0, 0.05) is 17.0 Å². The molecule has 0 bridgehead atoms. The van der Waals surface area contributed by atoms with Crippen LogP contribution in [0.1, 0.15) is 36.7 Å². The summed E-state index contributed by atoms with van der Waals surface area (Å²) in [5.74, 6) is 1.07. The highest BCUT2D eigenvalue weighted by Crippen LogP contribution is 2.27. The molecule has 2 N–H and O–H groups in total. The summed E-state index contributed by atoms with van der Waals surface area (Å²) in [6.45, 7) is 7.60. The van der Waals surface area contributed by atoms with Gasteiger partial charge in [-0.25, -0.2) is 14.4 Å². The van der Waals surface area contributed by atoms with Gasteiger partial charge in [0.25, 0.3) is 0 Å². The molecule has 0 unspecified atom stereocenters. The van der Waals surface area contributed by atoms with Gasteiger partial charge in [-0.2, -0.15) is 0 Å². The van der Waals surface area contributed by atoms with Crippen LogP contribution in [0.15, 0.2) is 18.2 Å². The van der Waals surface area contributed by atoms with E-state index in [4.69, 9.17) is 5.73 Å². The number of hydrogen-bond donors (Lipinski definition) is 1. The maximum Gasteiger partial charge on any atom is 0.133 e. The molecule has 0 aliphatic carbocycles. The van der Waals surface area contributed by atoms with Gasteiger partial charge < -0.3 is 5.73 Å². The summed E-state index contributed by atoms with van der Waals surface area (Å²) in [6.07, 6.45) is 0. The van der Waals surface area contributed by atoms with E-state index in [9.17, 15) is 4.39 Å². The summed E-state index contributed by atoms with van der Waals surface area (Å²) in [7, 11) is 0. The molecule has 1 heterocycles. The number of nitrogens with zero attached hydrogens (tertiary/aromatic N) is 2. The Morgan fingerprint density at radius 3 is 2.42 bits per heavy atom. The lowest BCUT2D eigenvalue weighted by atomic mass is 10.0. The highest BCUT2D eigenvalue weighted by atomic mass is 19.1. The van der Waals surface area contributed by atoms with Crippen molar-refractivity contribution in [3.8, 4) is 11.3 Å². The van der Waals surface area contributed by atoms with Gasteiger partial charge in [-0.05, 0) is 25.5 Å². The van der Waals surface area contributed by atoms with E-state index in [1.807, 2.05) is 26.8 Å². The number of hydrogen-bond acceptors (Lipinski definition) is 3. The molecule has 0 saturated heterocycles. The average molecular weight is 259 g/mol. The summed E-state index contributed by atoms with van der Waals surface area (Å²) in [4.78, 5) is 8.79. The molecular weight excluding hydrogens is 241 g/mol. The molecule has 4 heteroatoms. The maximum absolute atomic E-state index is 13.7. The van der Waals surface area contributed by atoms with Crippen molar-refractivity contribution in [1.82, 2.24) is 9.97 Å². The van der Waals surface area contributed by atoms with Crippen LogP contribution in [0.25, 0.3) is 11.3 Å². The third-order valence-corrected chi connectivity index (χ3v) is 3.16. The molecule has 3 nitrogen and oxygen atoms in total. The van der Waals surface area contributed by atoms with Crippen molar-refractivity contribution < 1.29 is 4.39 Å². The lowest BCUT2D eigenvalue weighted by Crippen LogP contribution is -2.06.